The number of nitrogens with one attached hydrogen (secondary N) is 1. The van der Waals surface area contributed by atoms with Gasteiger partial charge in [-0.15, -0.1) is 0 Å². The third kappa shape index (κ3) is 3.97. The van der Waals surface area contributed by atoms with Crippen LogP contribution < -0.4 is 16.8 Å². The molecule has 0 aliphatic carbocycles. The van der Waals surface area contributed by atoms with Gasteiger partial charge in [-0.25, -0.2) is 14.8 Å². The van der Waals surface area contributed by atoms with Gasteiger partial charge in [-0.05, 0) is 36.4 Å². The Morgan fingerprint density at radius 1 is 1.28 bits per heavy atom. The van der Waals surface area contributed by atoms with E-state index in [1.54, 1.807) is 24.7 Å². The number of pyridine rings is 3. The van der Waals surface area contributed by atoms with Crippen molar-refractivity contribution in [3.05, 3.63) is 36.3 Å². The molecule has 2 unspecified atom stereocenters. The van der Waals surface area contributed by atoms with Crippen LogP contribution in [0.2, 0.25) is 0 Å². The van der Waals surface area contributed by atoms with Crippen molar-refractivity contribution in [2.45, 2.75) is 19.4 Å². The van der Waals surface area contributed by atoms with Gasteiger partial charge in [0.15, 0.2) is 0 Å². The number of rotatable bonds is 3. The zero-order chi connectivity index (χ0) is 20.5. The van der Waals surface area contributed by atoms with Crippen LogP contribution in [0.4, 0.5) is 22.1 Å². The summed E-state index contributed by atoms with van der Waals surface area (Å²) in [6.07, 6.45) is 4.46. The standard InChI is InChI=1S/C19H20N6O3S/c1-10-13(6-22-8-15(10)20)16-4-11-5-17(23-7-14(11)18(21)24-16)25-19(26)28-12-2-3-29(27)9-12/h4-8,12H,2-3,9,20H2,1H3,(H2,21,24)(H,23,25,26). The Hall–Kier alpha value is -3.27. The zero-order valence-corrected chi connectivity index (χ0v) is 16.5. The molecule has 5 N–H and O–H groups in total. The van der Waals surface area contributed by atoms with Crippen LogP contribution in [0.1, 0.15) is 12.0 Å². The quantitative estimate of drug-likeness (QED) is 0.593. The average Bonchev–Trinajstić information content (AvgIpc) is 3.08. The maximum atomic E-state index is 12.1. The van der Waals surface area contributed by atoms with E-state index in [4.69, 9.17) is 16.2 Å². The second kappa shape index (κ2) is 7.63. The van der Waals surface area contributed by atoms with E-state index in [9.17, 15) is 9.00 Å². The predicted octanol–water partition coefficient (Wildman–Crippen LogP) is 2.23. The van der Waals surface area contributed by atoms with Crippen LogP contribution in [0.5, 0.6) is 0 Å². The molecule has 10 heteroatoms. The van der Waals surface area contributed by atoms with Gasteiger partial charge in [0.1, 0.15) is 17.7 Å². The highest BCUT2D eigenvalue weighted by molar-refractivity contribution is 7.85. The zero-order valence-electron chi connectivity index (χ0n) is 15.7. The van der Waals surface area contributed by atoms with Crippen LogP contribution in [0, 0.1) is 6.92 Å². The first kappa shape index (κ1) is 19.1. The summed E-state index contributed by atoms with van der Waals surface area (Å²) in [4.78, 5) is 24.9. The molecule has 9 nitrogen and oxygen atoms in total. The number of amides is 1. The van der Waals surface area contributed by atoms with E-state index < -0.39 is 16.9 Å². The van der Waals surface area contributed by atoms with E-state index in [1.807, 2.05) is 13.0 Å². The molecule has 0 saturated carbocycles. The molecule has 1 amide bonds. The molecule has 1 fully saturated rings. The smallest absolute Gasteiger partial charge is 0.413 e. The molecule has 1 aliphatic rings. The molecule has 4 rings (SSSR count). The monoisotopic (exact) mass is 412 g/mol. The van der Waals surface area contributed by atoms with Crippen LogP contribution in [0.15, 0.2) is 30.7 Å². The van der Waals surface area contributed by atoms with Crippen LogP contribution in [-0.2, 0) is 15.5 Å². The topological polar surface area (TPSA) is 146 Å². The van der Waals surface area contributed by atoms with Crippen LogP contribution >= 0.6 is 0 Å². The largest absolute Gasteiger partial charge is 0.445 e. The molecule has 1 aliphatic heterocycles. The fraction of sp³-hybridized carbons (Fsp3) is 0.263. The van der Waals surface area contributed by atoms with Crippen molar-refractivity contribution in [2.75, 3.05) is 28.3 Å². The van der Waals surface area contributed by atoms with E-state index in [0.29, 0.717) is 46.3 Å². The Morgan fingerprint density at radius 2 is 2.10 bits per heavy atom. The minimum absolute atomic E-state index is 0.314. The molecule has 150 valence electrons. The lowest BCUT2D eigenvalue weighted by Gasteiger charge is -2.12. The number of nitrogen functional groups attached to an aromatic ring is 2. The Balaban J connectivity index is 1.61. The van der Waals surface area contributed by atoms with Crippen molar-refractivity contribution in [3.63, 3.8) is 0 Å². The van der Waals surface area contributed by atoms with Crippen molar-refractivity contribution >= 4 is 45.0 Å². The molecule has 0 bridgehead atoms. The van der Waals surface area contributed by atoms with Crippen LogP contribution in [0.25, 0.3) is 22.0 Å². The van der Waals surface area contributed by atoms with Gasteiger partial charge in [-0.3, -0.25) is 14.5 Å². The second-order valence-electron chi connectivity index (χ2n) is 6.84. The van der Waals surface area contributed by atoms with Gasteiger partial charge in [-0.2, -0.15) is 0 Å². The normalized spacial score (nSPS) is 18.7. The number of fused-ring (bicyclic) bond motifs is 1. The van der Waals surface area contributed by atoms with E-state index in [2.05, 4.69) is 20.3 Å². The van der Waals surface area contributed by atoms with Crippen molar-refractivity contribution in [2.24, 2.45) is 0 Å². The first-order chi connectivity index (χ1) is 13.9. The van der Waals surface area contributed by atoms with Gasteiger partial charge in [-0.1, -0.05) is 0 Å². The van der Waals surface area contributed by atoms with Crippen molar-refractivity contribution in [3.8, 4) is 11.3 Å². The summed E-state index contributed by atoms with van der Waals surface area (Å²) in [5.41, 5.74) is 14.9. The predicted molar refractivity (Wildman–Crippen MR) is 113 cm³/mol. The molecule has 1 saturated heterocycles. The lowest BCUT2D eigenvalue weighted by Crippen LogP contribution is -2.23. The summed E-state index contributed by atoms with van der Waals surface area (Å²) in [7, 11) is -0.917. The Morgan fingerprint density at radius 3 is 2.86 bits per heavy atom. The minimum atomic E-state index is -0.917. The molecule has 2 atom stereocenters. The summed E-state index contributed by atoms with van der Waals surface area (Å²) in [6, 6.07) is 3.54. The summed E-state index contributed by atoms with van der Waals surface area (Å²) in [5.74, 6) is 1.56. The van der Waals surface area contributed by atoms with Gasteiger partial charge in [0.25, 0.3) is 0 Å². The maximum Gasteiger partial charge on any atom is 0.413 e. The van der Waals surface area contributed by atoms with Gasteiger partial charge in [0, 0.05) is 39.9 Å². The van der Waals surface area contributed by atoms with Crippen LogP contribution in [0.3, 0.4) is 0 Å². The molecule has 0 radical (unpaired) electrons. The van der Waals surface area contributed by atoms with E-state index in [1.165, 1.54) is 0 Å². The Labute approximate surface area is 169 Å². The fourth-order valence-corrected chi connectivity index (χ4v) is 4.54. The lowest BCUT2D eigenvalue weighted by molar-refractivity contribution is 0.124. The molecule has 0 spiro atoms. The Kier molecular flexibility index (Phi) is 5.01. The number of ether oxygens (including phenoxy) is 1. The third-order valence-electron chi connectivity index (χ3n) is 4.82. The number of nitrogens with zero attached hydrogens (tertiary/aromatic N) is 3. The number of hydrogen-bond acceptors (Lipinski definition) is 8. The number of carbonyl (C=O) groups excluding carboxylic acids is 1. The van der Waals surface area contributed by atoms with Gasteiger partial charge in [0.2, 0.25) is 0 Å². The number of anilines is 3. The average molecular weight is 412 g/mol. The van der Waals surface area contributed by atoms with E-state index in [0.717, 1.165) is 16.5 Å². The highest BCUT2D eigenvalue weighted by Gasteiger charge is 2.24. The highest BCUT2D eigenvalue weighted by atomic mass is 32.2. The van der Waals surface area contributed by atoms with Gasteiger partial charge >= 0.3 is 6.09 Å². The number of hydrogen-bond donors (Lipinski definition) is 3. The molecule has 4 heterocycles. The van der Waals surface area contributed by atoms with E-state index >= 15 is 0 Å². The molecule has 29 heavy (non-hydrogen) atoms. The molecular weight excluding hydrogens is 392 g/mol. The van der Waals surface area contributed by atoms with Crippen molar-refractivity contribution in [1.29, 1.82) is 0 Å². The molecular formula is C19H20N6O3S. The second-order valence-corrected chi connectivity index (χ2v) is 8.46. The fourth-order valence-electron chi connectivity index (χ4n) is 3.20. The Bertz CT molecular complexity index is 1140. The van der Waals surface area contributed by atoms with Gasteiger partial charge in [0.05, 0.1) is 23.3 Å². The number of carbonyl (C=O) groups is 1. The van der Waals surface area contributed by atoms with E-state index in [-0.39, 0.29) is 6.10 Å². The molecule has 3 aromatic heterocycles. The van der Waals surface area contributed by atoms with Crippen LogP contribution in [-0.4, -0.2) is 42.9 Å². The number of nitrogens with two attached hydrogens (primary N) is 2. The third-order valence-corrected chi connectivity index (χ3v) is 6.25. The summed E-state index contributed by atoms with van der Waals surface area (Å²) in [6.45, 7) is 1.89. The SMILES string of the molecule is Cc1c(N)cncc1-c1cc2cc(NC(=O)OC3CCS(=O)C3)ncc2c(N)n1. The van der Waals surface area contributed by atoms with Crippen molar-refractivity contribution < 1.29 is 13.7 Å². The summed E-state index contributed by atoms with van der Waals surface area (Å²) < 4.78 is 16.7. The lowest BCUT2D eigenvalue weighted by atomic mass is 10.0. The highest BCUT2D eigenvalue weighted by Crippen LogP contribution is 2.30. The van der Waals surface area contributed by atoms with Crippen molar-refractivity contribution in [1.82, 2.24) is 15.0 Å². The minimum Gasteiger partial charge on any atom is -0.445 e. The number of aromatic nitrogens is 3. The molecule has 3 aromatic rings. The maximum absolute atomic E-state index is 12.1. The molecule has 0 aromatic carbocycles. The van der Waals surface area contributed by atoms with Gasteiger partial charge < -0.3 is 16.2 Å². The summed E-state index contributed by atoms with van der Waals surface area (Å²) >= 11 is 0. The first-order valence-corrected chi connectivity index (χ1v) is 10.5. The first-order valence-electron chi connectivity index (χ1n) is 9.00. The summed E-state index contributed by atoms with van der Waals surface area (Å²) in [5, 5.41) is 4.02.